The van der Waals surface area contributed by atoms with Crippen LogP contribution in [-0.2, 0) is 0 Å². The minimum absolute atomic E-state index is 0. The van der Waals surface area contributed by atoms with E-state index in [1.807, 2.05) is 0 Å². The molecule has 3 N–H and O–H groups in total. The number of nitrogens with two attached hydrogens (primary N) is 1. The molecule has 0 aliphatic heterocycles. The Bertz CT molecular complexity index is 167. The Morgan fingerprint density at radius 1 is 1.33 bits per heavy atom. The van der Waals surface area contributed by atoms with E-state index in [4.69, 9.17) is 10.4 Å². The van der Waals surface area contributed by atoms with Crippen molar-refractivity contribution in [2.45, 2.75) is 0 Å². The van der Waals surface area contributed by atoms with Crippen LogP contribution in [0.3, 0.4) is 0 Å². The van der Waals surface area contributed by atoms with E-state index in [1.165, 1.54) is 6.19 Å². The maximum Gasteiger partial charge on any atom is 1.00 e. The van der Waals surface area contributed by atoms with Gasteiger partial charge in [0.15, 0.2) is 6.19 Å². The van der Waals surface area contributed by atoms with Gasteiger partial charge >= 0.3 is 59.1 Å². The molecule has 12 heavy (non-hydrogen) atoms. The Kier molecular flexibility index (Phi) is 34.2. The van der Waals surface area contributed by atoms with Gasteiger partial charge in [-0.3, -0.25) is 5.32 Å². The van der Waals surface area contributed by atoms with Gasteiger partial charge in [-0.1, -0.05) is 24.4 Å². The molecule has 0 aliphatic carbocycles. The van der Waals surface area contributed by atoms with Crippen molar-refractivity contribution in [3.63, 3.8) is 0 Å². The zero-order valence-electron chi connectivity index (χ0n) is 6.66. The molecule has 0 radical (unpaired) electrons. The molecular weight excluding hydrogens is 220 g/mol. The van der Waals surface area contributed by atoms with Crippen molar-refractivity contribution in [1.29, 1.82) is 5.26 Å². The van der Waals surface area contributed by atoms with E-state index in [9.17, 15) is 5.11 Å². The quantitative estimate of drug-likeness (QED) is 0.182. The molecule has 0 rings (SSSR count). The molecular formula is C3H3N3Na2O2S2. The van der Waals surface area contributed by atoms with Gasteiger partial charge in [0.2, 0.25) is 0 Å². The van der Waals surface area contributed by atoms with Gasteiger partial charge < -0.3 is 15.9 Å². The molecule has 0 aliphatic rings. The summed E-state index contributed by atoms with van der Waals surface area (Å²) in [5.41, 5.74) is 4.29. The molecule has 0 aromatic heterocycles. The van der Waals surface area contributed by atoms with Gasteiger partial charge in [0.05, 0.1) is 0 Å². The van der Waals surface area contributed by atoms with E-state index >= 15 is 0 Å². The van der Waals surface area contributed by atoms with Crippen molar-refractivity contribution in [1.82, 2.24) is 5.32 Å². The van der Waals surface area contributed by atoms with Crippen molar-refractivity contribution >= 4 is 34.8 Å². The molecule has 0 saturated carbocycles. The summed E-state index contributed by atoms with van der Waals surface area (Å²) in [6.07, 6.45) is 1.36. The molecule has 0 heterocycles. The van der Waals surface area contributed by atoms with Crippen molar-refractivity contribution < 1.29 is 69.3 Å². The second-order valence-corrected chi connectivity index (χ2v) is 1.62. The van der Waals surface area contributed by atoms with Crippen LogP contribution >= 0.6 is 24.4 Å². The van der Waals surface area contributed by atoms with E-state index in [-0.39, 0.29) is 59.1 Å². The third-order valence-electron chi connectivity index (χ3n) is 0.158. The Balaban J connectivity index is -0.0000000483. The first-order valence-electron chi connectivity index (χ1n) is 1.83. The predicted molar refractivity (Wildman–Crippen MR) is 38.1 cm³/mol. The van der Waals surface area contributed by atoms with Crippen LogP contribution in [0, 0.1) is 11.5 Å². The molecule has 56 valence electrons. The maximum absolute atomic E-state index is 9.52. The van der Waals surface area contributed by atoms with Crippen molar-refractivity contribution in [2.24, 2.45) is 5.73 Å². The van der Waals surface area contributed by atoms with E-state index in [1.54, 1.807) is 5.32 Å². The standard InChI is InChI=1S/C2H2N2OS.CH3NOS.2Na/c3-1-4-2(5)6;2-1(3)4;;/h(H2,4,5,6);(H3,2,3,4);;/q;;2*+1/p-2. The molecule has 0 spiro atoms. The number of hydrogen-bond donors (Lipinski definition) is 2. The van der Waals surface area contributed by atoms with Crippen LogP contribution in [0.1, 0.15) is 0 Å². The van der Waals surface area contributed by atoms with Gasteiger partial charge in [-0.25, -0.2) is 0 Å². The zero-order valence-corrected chi connectivity index (χ0v) is 12.3. The van der Waals surface area contributed by atoms with Gasteiger partial charge in [0.25, 0.3) is 0 Å². The number of hydrogen-bond acceptors (Lipinski definition) is 5. The van der Waals surface area contributed by atoms with Crippen LogP contribution in [0.4, 0.5) is 0 Å². The summed E-state index contributed by atoms with van der Waals surface area (Å²) in [6, 6.07) is 0. The normalized spacial score (nSPS) is 4.92. The third-order valence-corrected chi connectivity index (χ3v) is 0.260. The summed E-state index contributed by atoms with van der Waals surface area (Å²) in [7, 11) is 0. The van der Waals surface area contributed by atoms with E-state index in [0.717, 1.165) is 0 Å². The van der Waals surface area contributed by atoms with Crippen LogP contribution in [0.5, 0.6) is 0 Å². The molecule has 0 aromatic rings. The second kappa shape index (κ2) is 17.8. The first-order valence-corrected chi connectivity index (χ1v) is 2.65. The molecule has 0 fully saturated rings. The number of nitrogens with one attached hydrogen (secondary N) is 1. The van der Waals surface area contributed by atoms with Gasteiger partial charge in [-0.2, -0.15) is 5.26 Å². The maximum atomic E-state index is 9.52. The molecule has 0 bridgehead atoms. The van der Waals surface area contributed by atoms with Crippen LogP contribution in [-0.4, -0.2) is 10.3 Å². The first-order chi connectivity index (χ1) is 4.50. The Morgan fingerprint density at radius 2 is 1.58 bits per heavy atom. The molecule has 0 amide bonds. The summed E-state index contributed by atoms with van der Waals surface area (Å²) in [5.74, 6) is 0. The smallest absolute Gasteiger partial charge is 0.852 e. The van der Waals surface area contributed by atoms with Crippen LogP contribution in [0.25, 0.3) is 0 Å². The largest absolute Gasteiger partial charge is 1.00 e. The molecule has 9 heteroatoms. The fourth-order valence-electron chi connectivity index (χ4n) is 0.0456. The monoisotopic (exact) mass is 223 g/mol. The Morgan fingerprint density at radius 3 is 1.58 bits per heavy atom. The minimum Gasteiger partial charge on any atom is -0.852 e. The van der Waals surface area contributed by atoms with E-state index in [2.05, 4.69) is 30.2 Å². The number of nitriles is 1. The van der Waals surface area contributed by atoms with Crippen molar-refractivity contribution in [3.05, 3.63) is 0 Å². The minimum atomic E-state index is -0.750. The summed E-state index contributed by atoms with van der Waals surface area (Å²) >= 11 is 7.66. The fraction of sp³-hybridized carbons (Fsp3) is 0. The number of thiocarbonyl (C=S) groups is 2. The third kappa shape index (κ3) is 70.7. The topological polar surface area (TPSA) is 108 Å². The molecule has 0 atom stereocenters. The van der Waals surface area contributed by atoms with Crippen LogP contribution < -0.4 is 80.4 Å². The first kappa shape index (κ1) is 23.0. The van der Waals surface area contributed by atoms with Gasteiger partial charge in [-0.05, 0) is 0 Å². The predicted octanol–water partition coefficient (Wildman–Crippen LogP) is -8.70. The summed E-state index contributed by atoms with van der Waals surface area (Å²) < 4.78 is 0. The van der Waals surface area contributed by atoms with Crippen molar-refractivity contribution in [3.8, 4) is 6.19 Å². The summed E-state index contributed by atoms with van der Waals surface area (Å²) in [4.78, 5) is 0. The SMILES string of the molecule is N#CNC([O-])=S.NC([O-])=S.[Na+].[Na+]. The molecule has 5 nitrogen and oxygen atoms in total. The van der Waals surface area contributed by atoms with Crippen LogP contribution in [0.2, 0.25) is 0 Å². The van der Waals surface area contributed by atoms with Crippen molar-refractivity contribution in [2.75, 3.05) is 0 Å². The number of rotatable bonds is 0. The average molecular weight is 223 g/mol. The molecule has 0 unspecified atom stereocenters. The summed E-state index contributed by atoms with van der Waals surface area (Å²) in [5, 5.41) is 26.4. The van der Waals surface area contributed by atoms with E-state index < -0.39 is 10.3 Å². The van der Waals surface area contributed by atoms with Crippen LogP contribution in [0.15, 0.2) is 0 Å². The molecule has 0 saturated heterocycles. The second-order valence-electron chi connectivity index (χ2n) is 0.843. The zero-order chi connectivity index (χ0) is 8.57. The van der Waals surface area contributed by atoms with Gasteiger partial charge in [0, 0.05) is 10.3 Å². The Labute approximate surface area is 125 Å². The Hall–Kier alpha value is 0.870. The molecule has 0 aromatic carbocycles. The number of nitrogens with zero attached hydrogens (tertiary/aromatic N) is 1. The average Bonchev–Trinajstić information content (AvgIpc) is 1.62. The summed E-state index contributed by atoms with van der Waals surface area (Å²) in [6.45, 7) is 0. The fourth-order valence-corrected chi connectivity index (χ4v) is 0.0913. The van der Waals surface area contributed by atoms with Gasteiger partial charge in [0.1, 0.15) is 0 Å². The van der Waals surface area contributed by atoms with Gasteiger partial charge in [-0.15, -0.1) is 0 Å². The van der Waals surface area contributed by atoms with E-state index in [0.29, 0.717) is 0 Å².